The third-order valence-corrected chi connectivity index (χ3v) is 2.55. The minimum absolute atomic E-state index is 0.822. The lowest BCUT2D eigenvalue weighted by molar-refractivity contribution is 0.565. The number of rotatable bonds is 2. The number of hydrogen-bond donors (Lipinski definition) is 0. The molecule has 1 unspecified atom stereocenters. The topological polar surface area (TPSA) is 0 Å². The van der Waals surface area contributed by atoms with E-state index in [2.05, 4.69) is 31.2 Å². The zero-order valence-electron chi connectivity index (χ0n) is 7.01. The summed E-state index contributed by atoms with van der Waals surface area (Å²) in [7, 11) is 0. The summed E-state index contributed by atoms with van der Waals surface area (Å²) in [5, 5.41) is 0. The Hall–Kier alpha value is -0.780. The minimum atomic E-state index is 0.822. The Kier molecular flexibility index (Phi) is 1.69. The van der Waals surface area contributed by atoms with Crippen molar-refractivity contribution in [2.24, 2.45) is 5.92 Å². The number of hydrogen-bond acceptors (Lipinski definition) is 0. The summed E-state index contributed by atoms with van der Waals surface area (Å²) in [5.41, 5.74) is 2.98. The van der Waals surface area contributed by atoms with Gasteiger partial charge < -0.3 is 0 Å². The molecule has 0 amide bonds. The average Bonchev–Trinajstić information content (AvgIpc) is 2.40. The maximum Gasteiger partial charge on any atom is -0.0127 e. The van der Waals surface area contributed by atoms with Crippen LogP contribution in [0.2, 0.25) is 0 Å². The van der Waals surface area contributed by atoms with Crippen LogP contribution in [0.3, 0.4) is 0 Å². The van der Waals surface area contributed by atoms with E-state index in [-0.39, 0.29) is 0 Å². The largest absolute Gasteiger partial charge is 0.0766 e. The summed E-state index contributed by atoms with van der Waals surface area (Å²) in [5.74, 6) is 0.822. The molecular weight excluding hydrogens is 132 g/mol. The fourth-order valence-corrected chi connectivity index (χ4v) is 1.91. The molecular formula is C11H14. The highest BCUT2D eigenvalue weighted by atomic mass is 14.2. The maximum atomic E-state index is 2.35. The molecule has 58 valence electrons. The van der Waals surface area contributed by atoms with Crippen LogP contribution in [0.1, 0.15) is 26.2 Å². The van der Waals surface area contributed by atoms with E-state index >= 15 is 0 Å². The van der Waals surface area contributed by atoms with E-state index in [1.807, 2.05) is 0 Å². The van der Waals surface area contributed by atoms with Gasteiger partial charge in [-0.3, -0.25) is 0 Å². The zero-order valence-corrected chi connectivity index (χ0v) is 7.01. The zero-order chi connectivity index (χ0) is 7.68. The fraction of sp³-hybridized carbons (Fsp3) is 0.455. The van der Waals surface area contributed by atoms with E-state index in [1.54, 1.807) is 5.57 Å². The van der Waals surface area contributed by atoms with Gasteiger partial charge in [-0.2, -0.15) is 0 Å². The Labute approximate surface area is 68.3 Å². The molecule has 0 aromatic carbocycles. The molecule has 11 heavy (non-hydrogen) atoms. The molecule has 0 radical (unpaired) electrons. The standard InChI is InChI=1S/C11H14/c1-2-3-10-6-4-9-5-7-11(10)8-9/h4-5,7-8,10H,2-3,6H2,1H3. The van der Waals surface area contributed by atoms with Crippen LogP contribution in [0.5, 0.6) is 0 Å². The third kappa shape index (κ3) is 1.18. The van der Waals surface area contributed by atoms with Crippen molar-refractivity contribution in [1.29, 1.82) is 0 Å². The fourth-order valence-electron chi connectivity index (χ4n) is 1.91. The summed E-state index contributed by atoms with van der Waals surface area (Å²) in [6, 6.07) is 0. The van der Waals surface area contributed by atoms with Crippen LogP contribution in [0.4, 0.5) is 0 Å². The van der Waals surface area contributed by atoms with Gasteiger partial charge in [0.1, 0.15) is 0 Å². The van der Waals surface area contributed by atoms with Crippen molar-refractivity contribution in [2.75, 3.05) is 0 Å². The van der Waals surface area contributed by atoms with Crippen molar-refractivity contribution in [3.8, 4) is 0 Å². The van der Waals surface area contributed by atoms with Gasteiger partial charge in [0.15, 0.2) is 0 Å². The summed E-state index contributed by atoms with van der Waals surface area (Å²) < 4.78 is 0. The van der Waals surface area contributed by atoms with Gasteiger partial charge in [0.2, 0.25) is 0 Å². The number of allylic oxidation sites excluding steroid dienone is 6. The molecule has 2 rings (SSSR count). The van der Waals surface area contributed by atoms with Gasteiger partial charge in [-0.05, 0) is 29.9 Å². The van der Waals surface area contributed by atoms with Crippen molar-refractivity contribution in [2.45, 2.75) is 26.2 Å². The van der Waals surface area contributed by atoms with Crippen LogP contribution < -0.4 is 0 Å². The van der Waals surface area contributed by atoms with Crippen LogP contribution in [0.25, 0.3) is 0 Å². The molecule has 0 N–H and O–H groups in total. The first kappa shape index (κ1) is 6.90. The molecule has 0 aliphatic heterocycles. The van der Waals surface area contributed by atoms with Crippen LogP contribution >= 0.6 is 0 Å². The first-order valence-electron chi connectivity index (χ1n) is 4.50. The van der Waals surface area contributed by atoms with E-state index in [9.17, 15) is 0 Å². The predicted octanol–water partition coefficient (Wildman–Crippen LogP) is 3.23. The van der Waals surface area contributed by atoms with Gasteiger partial charge >= 0.3 is 0 Å². The van der Waals surface area contributed by atoms with Crippen molar-refractivity contribution in [3.05, 3.63) is 35.5 Å². The van der Waals surface area contributed by atoms with Crippen LogP contribution in [-0.2, 0) is 0 Å². The molecule has 0 nitrogen and oxygen atoms in total. The average molecular weight is 146 g/mol. The smallest absolute Gasteiger partial charge is 0.0127 e. The van der Waals surface area contributed by atoms with Crippen molar-refractivity contribution in [3.63, 3.8) is 0 Å². The maximum absolute atomic E-state index is 2.35. The summed E-state index contributed by atoms with van der Waals surface area (Å²) >= 11 is 0. The molecule has 0 aromatic heterocycles. The van der Waals surface area contributed by atoms with Crippen molar-refractivity contribution < 1.29 is 0 Å². The lowest BCUT2D eigenvalue weighted by atomic mass is 9.89. The Morgan fingerprint density at radius 1 is 1.45 bits per heavy atom. The van der Waals surface area contributed by atoms with Gasteiger partial charge in [0, 0.05) is 0 Å². The second kappa shape index (κ2) is 2.69. The van der Waals surface area contributed by atoms with E-state index in [0.29, 0.717) is 0 Å². The van der Waals surface area contributed by atoms with Crippen LogP contribution in [0.15, 0.2) is 35.5 Å². The molecule has 2 aliphatic carbocycles. The quantitative estimate of drug-likeness (QED) is 0.561. The summed E-state index contributed by atoms with van der Waals surface area (Å²) in [4.78, 5) is 0. The Morgan fingerprint density at radius 2 is 2.36 bits per heavy atom. The van der Waals surface area contributed by atoms with Gasteiger partial charge in [0.25, 0.3) is 0 Å². The van der Waals surface area contributed by atoms with Crippen molar-refractivity contribution >= 4 is 0 Å². The Morgan fingerprint density at radius 3 is 3.18 bits per heavy atom. The molecule has 0 saturated heterocycles. The van der Waals surface area contributed by atoms with E-state index in [1.165, 1.54) is 24.8 Å². The lowest BCUT2D eigenvalue weighted by Crippen LogP contribution is -2.02. The molecule has 0 fully saturated rings. The molecule has 2 bridgehead atoms. The van der Waals surface area contributed by atoms with E-state index in [4.69, 9.17) is 0 Å². The molecule has 1 atom stereocenters. The summed E-state index contributed by atoms with van der Waals surface area (Å²) in [6.45, 7) is 2.26. The second-order valence-corrected chi connectivity index (χ2v) is 3.40. The van der Waals surface area contributed by atoms with E-state index in [0.717, 1.165) is 5.92 Å². The molecule has 0 heteroatoms. The number of fused-ring (bicyclic) bond motifs is 1. The Balaban J connectivity index is 2.13. The highest BCUT2D eigenvalue weighted by Crippen LogP contribution is 2.33. The molecule has 0 heterocycles. The van der Waals surface area contributed by atoms with Crippen LogP contribution in [0, 0.1) is 5.92 Å². The minimum Gasteiger partial charge on any atom is -0.0766 e. The highest BCUT2D eigenvalue weighted by Gasteiger charge is 2.17. The third-order valence-electron chi connectivity index (χ3n) is 2.55. The molecule has 0 saturated carbocycles. The predicted molar refractivity (Wildman–Crippen MR) is 48.3 cm³/mol. The normalized spacial score (nSPS) is 26.8. The first-order chi connectivity index (χ1) is 5.40. The summed E-state index contributed by atoms with van der Waals surface area (Å²) in [6.07, 6.45) is 13.1. The SMILES string of the molecule is CCCC1CC=C2C=CC1=C2. The first-order valence-corrected chi connectivity index (χ1v) is 4.50. The molecule has 0 spiro atoms. The van der Waals surface area contributed by atoms with Gasteiger partial charge in [-0.25, -0.2) is 0 Å². The second-order valence-electron chi connectivity index (χ2n) is 3.40. The van der Waals surface area contributed by atoms with Gasteiger partial charge in [-0.1, -0.05) is 37.6 Å². The molecule has 2 aliphatic rings. The molecule has 0 aromatic rings. The van der Waals surface area contributed by atoms with Crippen LogP contribution in [-0.4, -0.2) is 0 Å². The Bertz CT molecular complexity index is 241. The van der Waals surface area contributed by atoms with E-state index < -0.39 is 0 Å². The highest BCUT2D eigenvalue weighted by molar-refractivity contribution is 5.49. The lowest BCUT2D eigenvalue weighted by Gasteiger charge is -2.16. The monoisotopic (exact) mass is 146 g/mol. The van der Waals surface area contributed by atoms with Gasteiger partial charge in [0.05, 0.1) is 0 Å². The van der Waals surface area contributed by atoms with Gasteiger partial charge in [-0.15, -0.1) is 0 Å². The van der Waals surface area contributed by atoms with Crippen molar-refractivity contribution in [1.82, 2.24) is 0 Å².